The molecule has 0 fully saturated rings. The van der Waals surface area contributed by atoms with Gasteiger partial charge in [-0.1, -0.05) is 30.4 Å². The monoisotopic (exact) mass is 325 g/mol. The van der Waals surface area contributed by atoms with E-state index < -0.39 is 11.7 Å². The van der Waals surface area contributed by atoms with E-state index in [1.165, 1.54) is 4.90 Å². The van der Waals surface area contributed by atoms with Gasteiger partial charge in [0, 0.05) is 13.1 Å². The number of para-hydroxylation sites is 1. The van der Waals surface area contributed by atoms with E-state index in [-0.39, 0.29) is 0 Å². The zero-order chi connectivity index (χ0) is 17.9. The number of benzene rings is 1. The fourth-order valence-corrected chi connectivity index (χ4v) is 2.70. The van der Waals surface area contributed by atoms with Gasteiger partial charge < -0.3 is 4.90 Å². The Hall–Kier alpha value is -2.69. The minimum atomic E-state index is -0.518. The summed E-state index contributed by atoms with van der Waals surface area (Å²) < 4.78 is 1.70. The highest BCUT2D eigenvalue weighted by Crippen LogP contribution is 2.19. The van der Waals surface area contributed by atoms with Crippen LogP contribution in [0.2, 0.25) is 0 Å². The smallest absolute Gasteiger partial charge is 0.295 e. The molecule has 2 aromatic rings. The number of carbonyl (C=O) groups excluding carboxylic acids is 2. The van der Waals surface area contributed by atoms with Gasteiger partial charge in [0.05, 0.1) is 22.6 Å². The van der Waals surface area contributed by atoms with Gasteiger partial charge in [-0.2, -0.15) is 5.10 Å². The van der Waals surface area contributed by atoms with Crippen molar-refractivity contribution in [3.8, 4) is 5.69 Å². The standard InChI is InChI=1S/C19H23N3O2/c1-6-21(12-13(2)3)19(24)18(23)17-14(4)20-22(15(17)5)16-10-8-7-9-11-16/h7-11H,2,6,12H2,1,3-5H3. The van der Waals surface area contributed by atoms with Crippen molar-refractivity contribution in [3.63, 3.8) is 0 Å². The predicted molar refractivity (Wildman–Crippen MR) is 94.4 cm³/mol. The summed E-state index contributed by atoms with van der Waals surface area (Å²) in [6.07, 6.45) is 0. The summed E-state index contributed by atoms with van der Waals surface area (Å²) in [5.41, 5.74) is 3.30. The third-order valence-corrected chi connectivity index (χ3v) is 3.84. The molecule has 0 bridgehead atoms. The molecular formula is C19H23N3O2. The van der Waals surface area contributed by atoms with Gasteiger partial charge in [0.25, 0.3) is 11.7 Å². The van der Waals surface area contributed by atoms with Crippen molar-refractivity contribution < 1.29 is 9.59 Å². The molecule has 0 spiro atoms. The molecule has 0 aliphatic rings. The van der Waals surface area contributed by atoms with E-state index in [2.05, 4.69) is 11.7 Å². The highest BCUT2D eigenvalue weighted by molar-refractivity contribution is 6.43. The summed E-state index contributed by atoms with van der Waals surface area (Å²) in [5, 5.41) is 4.44. The van der Waals surface area contributed by atoms with Crippen molar-refractivity contribution in [3.05, 3.63) is 59.4 Å². The largest absolute Gasteiger partial charge is 0.332 e. The summed E-state index contributed by atoms with van der Waals surface area (Å²) >= 11 is 0. The van der Waals surface area contributed by atoms with Gasteiger partial charge in [-0.05, 0) is 39.8 Å². The molecule has 0 atom stereocenters. The number of ketones is 1. The van der Waals surface area contributed by atoms with E-state index in [0.29, 0.717) is 30.0 Å². The van der Waals surface area contributed by atoms with Crippen molar-refractivity contribution in [1.29, 1.82) is 0 Å². The first kappa shape index (κ1) is 17.7. The number of hydrogen-bond acceptors (Lipinski definition) is 3. The number of Topliss-reactive ketones (excluding diaryl/α,β-unsaturated/α-hetero) is 1. The first-order valence-electron chi connectivity index (χ1n) is 7.96. The number of hydrogen-bond donors (Lipinski definition) is 0. The van der Waals surface area contributed by atoms with Gasteiger partial charge in [-0.15, -0.1) is 0 Å². The lowest BCUT2D eigenvalue weighted by molar-refractivity contribution is -0.125. The minimum absolute atomic E-state index is 0.379. The Labute approximate surface area is 142 Å². The van der Waals surface area contributed by atoms with Gasteiger partial charge in [0.15, 0.2) is 0 Å². The highest BCUT2D eigenvalue weighted by atomic mass is 16.2. The lowest BCUT2D eigenvalue weighted by atomic mass is 10.1. The molecule has 0 radical (unpaired) electrons. The molecule has 0 saturated carbocycles. The van der Waals surface area contributed by atoms with Crippen LogP contribution in [0.25, 0.3) is 5.69 Å². The molecule has 1 amide bonds. The fraction of sp³-hybridized carbons (Fsp3) is 0.316. The Morgan fingerprint density at radius 2 is 1.83 bits per heavy atom. The lowest BCUT2D eigenvalue weighted by Gasteiger charge is -2.20. The van der Waals surface area contributed by atoms with Gasteiger partial charge in [0.1, 0.15) is 0 Å². The number of aryl methyl sites for hydroxylation is 1. The molecule has 1 aromatic heterocycles. The maximum atomic E-state index is 12.7. The van der Waals surface area contributed by atoms with Crippen LogP contribution >= 0.6 is 0 Å². The van der Waals surface area contributed by atoms with Gasteiger partial charge in [-0.25, -0.2) is 4.68 Å². The molecule has 126 valence electrons. The summed E-state index contributed by atoms with van der Waals surface area (Å²) in [4.78, 5) is 26.8. The van der Waals surface area contributed by atoms with Crippen molar-refractivity contribution in [2.75, 3.05) is 13.1 Å². The molecular weight excluding hydrogens is 302 g/mol. The van der Waals surface area contributed by atoms with Crippen LogP contribution in [-0.4, -0.2) is 39.5 Å². The molecule has 2 rings (SSSR count). The summed E-state index contributed by atoms with van der Waals surface area (Å²) in [5.74, 6) is -1.03. The summed E-state index contributed by atoms with van der Waals surface area (Å²) in [7, 11) is 0. The molecule has 0 N–H and O–H groups in total. The second-order valence-electron chi connectivity index (χ2n) is 5.90. The van der Waals surface area contributed by atoms with Crippen molar-refractivity contribution in [2.24, 2.45) is 0 Å². The zero-order valence-electron chi connectivity index (χ0n) is 14.7. The molecule has 0 aliphatic carbocycles. The third kappa shape index (κ3) is 3.45. The lowest BCUT2D eigenvalue weighted by Crippen LogP contribution is -2.37. The Kier molecular flexibility index (Phi) is 5.34. The highest BCUT2D eigenvalue weighted by Gasteiger charge is 2.28. The zero-order valence-corrected chi connectivity index (χ0v) is 14.7. The summed E-state index contributed by atoms with van der Waals surface area (Å²) in [6, 6.07) is 9.56. The average molecular weight is 325 g/mol. The Bertz CT molecular complexity index is 775. The minimum Gasteiger partial charge on any atom is -0.332 e. The average Bonchev–Trinajstić information content (AvgIpc) is 2.86. The number of aromatic nitrogens is 2. The predicted octanol–water partition coefficient (Wildman–Crippen LogP) is 3.10. The molecule has 24 heavy (non-hydrogen) atoms. The van der Waals surface area contributed by atoms with E-state index in [0.717, 1.165) is 11.3 Å². The first-order chi connectivity index (χ1) is 11.4. The van der Waals surface area contributed by atoms with E-state index in [1.54, 1.807) is 11.6 Å². The van der Waals surface area contributed by atoms with Gasteiger partial charge in [-0.3, -0.25) is 9.59 Å². The van der Waals surface area contributed by atoms with Crippen molar-refractivity contribution in [2.45, 2.75) is 27.7 Å². The second kappa shape index (κ2) is 7.25. The van der Waals surface area contributed by atoms with Crippen LogP contribution in [0.3, 0.4) is 0 Å². The van der Waals surface area contributed by atoms with E-state index in [4.69, 9.17) is 0 Å². The fourth-order valence-electron chi connectivity index (χ4n) is 2.70. The van der Waals surface area contributed by atoms with Gasteiger partial charge >= 0.3 is 0 Å². The maximum absolute atomic E-state index is 12.7. The van der Waals surface area contributed by atoms with Crippen molar-refractivity contribution in [1.82, 2.24) is 14.7 Å². The first-order valence-corrected chi connectivity index (χ1v) is 7.96. The number of likely N-dealkylation sites (N-methyl/N-ethyl adjacent to an activating group) is 1. The van der Waals surface area contributed by atoms with Crippen LogP contribution in [0.1, 0.15) is 35.6 Å². The second-order valence-corrected chi connectivity index (χ2v) is 5.90. The number of amides is 1. The van der Waals surface area contributed by atoms with Crippen LogP contribution in [0.4, 0.5) is 0 Å². The maximum Gasteiger partial charge on any atom is 0.295 e. The van der Waals surface area contributed by atoms with Crippen LogP contribution in [0.5, 0.6) is 0 Å². The molecule has 5 heteroatoms. The Balaban J connectivity index is 2.38. The summed E-state index contributed by atoms with van der Waals surface area (Å²) in [6.45, 7) is 11.9. The molecule has 1 heterocycles. The topological polar surface area (TPSA) is 55.2 Å². The van der Waals surface area contributed by atoms with E-state index in [1.807, 2.05) is 51.1 Å². The van der Waals surface area contributed by atoms with Crippen LogP contribution < -0.4 is 0 Å². The van der Waals surface area contributed by atoms with Crippen molar-refractivity contribution >= 4 is 11.7 Å². The van der Waals surface area contributed by atoms with Crippen LogP contribution in [-0.2, 0) is 4.79 Å². The molecule has 0 aliphatic heterocycles. The Morgan fingerprint density at radius 1 is 1.21 bits per heavy atom. The molecule has 0 saturated heterocycles. The van der Waals surface area contributed by atoms with E-state index >= 15 is 0 Å². The van der Waals surface area contributed by atoms with Crippen LogP contribution in [0.15, 0.2) is 42.5 Å². The normalized spacial score (nSPS) is 10.5. The molecule has 0 unspecified atom stereocenters. The van der Waals surface area contributed by atoms with Crippen LogP contribution in [0, 0.1) is 13.8 Å². The quantitative estimate of drug-likeness (QED) is 0.466. The number of carbonyl (C=O) groups is 2. The van der Waals surface area contributed by atoms with Gasteiger partial charge in [0.2, 0.25) is 0 Å². The van der Waals surface area contributed by atoms with E-state index in [9.17, 15) is 9.59 Å². The SMILES string of the molecule is C=C(C)CN(CC)C(=O)C(=O)c1c(C)nn(-c2ccccc2)c1C. The Morgan fingerprint density at radius 3 is 2.38 bits per heavy atom. The number of nitrogens with zero attached hydrogens (tertiary/aromatic N) is 3. The third-order valence-electron chi connectivity index (χ3n) is 3.84. The molecule has 5 nitrogen and oxygen atoms in total. The number of rotatable bonds is 6. The molecule has 1 aromatic carbocycles.